The van der Waals surface area contributed by atoms with Gasteiger partial charge in [-0.2, -0.15) is 0 Å². The number of halogens is 2. The first-order chi connectivity index (χ1) is 5.68. The van der Waals surface area contributed by atoms with Crippen LogP contribution in [0.2, 0.25) is 5.02 Å². The molecule has 0 saturated heterocycles. The lowest BCUT2D eigenvalue weighted by Crippen LogP contribution is -1.93. The second kappa shape index (κ2) is 2.63. The Labute approximate surface area is 75.3 Å². The molecule has 1 aromatic rings. The molecule has 1 fully saturated rings. The van der Waals surface area contributed by atoms with Gasteiger partial charge in [0.05, 0.1) is 5.69 Å². The molecule has 2 rings (SSSR count). The van der Waals surface area contributed by atoms with Gasteiger partial charge in [-0.15, -0.1) is 0 Å². The van der Waals surface area contributed by atoms with Crippen LogP contribution in [0.5, 0.6) is 0 Å². The van der Waals surface area contributed by atoms with Crippen molar-refractivity contribution < 1.29 is 4.39 Å². The molecule has 1 aliphatic carbocycles. The van der Waals surface area contributed by atoms with Crippen molar-refractivity contribution in [3.8, 4) is 0 Å². The Morgan fingerprint density at radius 1 is 1.42 bits per heavy atom. The van der Waals surface area contributed by atoms with Gasteiger partial charge in [0, 0.05) is 5.02 Å². The summed E-state index contributed by atoms with van der Waals surface area (Å²) in [4.78, 5) is 0. The van der Waals surface area contributed by atoms with Gasteiger partial charge in [0.15, 0.2) is 0 Å². The fourth-order valence-corrected chi connectivity index (χ4v) is 1.61. The van der Waals surface area contributed by atoms with Crippen molar-refractivity contribution in [2.75, 3.05) is 5.73 Å². The molecule has 0 spiro atoms. The average molecular weight is 186 g/mol. The van der Waals surface area contributed by atoms with Crippen molar-refractivity contribution in [3.05, 3.63) is 28.5 Å². The third-order valence-corrected chi connectivity index (χ3v) is 2.46. The highest BCUT2D eigenvalue weighted by Gasteiger charge is 2.26. The minimum atomic E-state index is -0.360. The third kappa shape index (κ3) is 1.27. The van der Waals surface area contributed by atoms with E-state index >= 15 is 0 Å². The van der Waals surface area contributed by atoms with Crippen molar-refractivity contribution in [2.45, 2.75) is 18.8 Å². The monoisotopic (exact) mass is 185 g/mol. The predicted octanol–water partition coefficient (Wildman–Crippen LogP) is 2.94. The molecule has 1 saturated carbocycles. The molecule has 0 aromatic heterocycles. The summed E-state index contributed by atoms with van der Waals surface area (Å²) in [7, 11) is 0. The van der Waals surface area contributed by atoms with Crippen LogP contribution in [0.15, 0.2) is 12.1 Å². The summed E-state index contributed by atoms with van der Waals surface area (Å²) < 4.78 is 13.0. The maximum absolute atomic E-state index is 13.0. The van der Waals surface area contributed by atoms with Crippen LogP contribution >= 0.6 is 11.6 Å². The van der Waals surface area contributed by atoms with Crippen molar-refractivity contribution in [1.82, 2.24) is 0 Å². The summed E-state index contributed by atoms with van der Waals surface area (Å²) >= 11 is 5.89. The molecule has 0 amide bonds. The van der Waals surface area contributed by atoms with Gasteiger partial charge in [0.25, 0.3) is 0 Å². The molecule has 1 aromatic carbocycles. The van der Waals surface area contributed by atoms with Crippen molar-refractivity contribution in [1.29, 1.82) is 0 Å². The Morgan fingerprint density at radius 2 is 2.08 bits per heavy atom. The molecule has 0 radical (unpaired) electrons. The second-order valence-corrected chi connectivity index (χ2v) is 3.58. The minimum absolute atomic E-state index is 0.129. The lowest BCUT2D eigenvalue weighted by Gasteiger charge is -2.03. The van der Waals surface area contributed by atoms with E-state index in [9.17, 15) is 4.39 Å². The van der Waals surface area contributed by atoms with Crippen molar-refractivity contribution >= 4 is 17.3 Å². The van der Waals surface area contributed by atoms with Gasteiger partial charge in [-0.25, -0.2) is 4.39 Å². The second-order valence-electron chi connectivity index (χ2n) is 3.17. The molecule has 0 atom stereocenters. The quantitative estimate of drug-likeness (QED) is 0.669. The molecule has 3 heteroatoms. The molecule has 1 aliphatic rings. The molecule has 0 bridgehead atoms. The van der Waals surface area contributed by atoms with Crippen molar-refractivity contribution in [2.24, 2.45) is 0 Å². The van der Waals surface area contributed by atoms with Gasteiger partial charge in [0.2, 0.25) is 0 Å². The molecule has 0 aliphatic heterocycles. The van der Waals surface area contributed by atoms with Gasteiger partial charge in [-0.3, -0.25) is 0 Å². The van der Waals surface area contributed by atoms with Crippen LogP contribution in [-0.2, 0) is 0 Å². The first kappa shape index (κ1) is 7.87. The van der Waals surface area contributed by atoms with E-state index in [1.165, 1.54) is 12.1 Å². The molecule has 1 nitrogen and oxygen atoms in total. The normalized spacial score (nSPS) is 16.5. The van der Waals surface area contributed by atoms with Gasteiger partial charge in [-0.05, 0) is 36.5 Å². The van der Waals surface area contributed by atoms with E-state index < -0.39 is 0 Å². The Morgan fingerprint density at radius 3 is 2.67 bits per heavy atom. The molecule has 12 heavy (non-hydrogen) atoms. The standard InChI is InChI=1S/C9H9ClFN/c10-7-4-9(12)8(11)3-6(7)5-1-2-5/h3-5H,1-2,12H2. The van der Waals surface area contributed by atoms with E-state index in [4.69, 9.17) is 17.3 Å². The first-order valence-corrected chi connectivity index (χ1v) is 4.30. The first-order valence-electron chi connectivity index (χ1n) is 3.93. The Kier molecular flexibility index (Phi) is 1.72. The van der Waals surface area contributed by atoms with E-state index in [0.29, 0.717) is 10.9 Å². The zero-order valence-corrected chi connectivity index (χ0v) is 7.24. The number of hydrogen-bond acceptors (Lipinski definition) is 1. The Bertz CT molecular complexity index is 321. The highest BCUT2D eigenvalue weighted by Crippen LogP contribution is 2.44. The van der Waals surface area contributed by atoms with Crippen LogP contribution in [0.3, 0.4) is 0 Å². The number of nitrogens with two attached hydrogens (primary N) is 1. The van der Waals surface area contributed by atoms with E-state index in [1.807, 2.05) is 0 Å². The number of nitrogen functional groups attached to an aromatic ring is 1. The summed E-state index contributed by atoms with van der Waals surface area (Å²) in [5.41, 5.74) is 6.39. The smallest absolute Gasteiger partial charge is 0.146 e. The molecular weight excluding hydrogens is 177 g/mol. The lowest BCUT2D eigenvalue weighted by atomic mass is 10.1. The van der Waals surface area contributed by atoms with Gasteiger partial charge < -0.3 is 5.73 Å². The lowest BCUT2D eigenvalue weighted by molar-refractivity contribution is 0.630. The topological polar surface area (TPSA) is 26.0 Å². The average Bonchev–Trinajstić information content (AvgIpc) is 2.79. The summed E-state index contributed by atoms with van der Waals surface area (Å²) in [5, 5.41) is 0.594. The largest absolute Gasteiger partial charge is 0.396 e. The maximum atomic E-state index is 13.0. The zero-order chi connectivity index (χ0) is 8.72. The van der Waals surface area contributed by atoms with E-state index in [2.05, 4.69) is 0 Å². The highest BCUT2D eigenvalue weighted by molar-refractivity contribution is 6.31. The van der Waals surface area contributed by atoms with Crippen molar-refractivity contribution in [3.63, 3.8) is 0 Å². The minimum Gasteiger partial charge on any atom is -0.396 e. The SMILES string of the molecule is Nc1cc(Cl)c(C2CC2)cc1F. The van der Waals surface area contributed by atoms with Gasteiger partial charge in [0.1, 0.15) is 5.82 Å². The number of anilines is 1. The maximum Gasteiger partial charge on any atom is 0.146 e. The summed E-state index contributed by atoms with van der Waals surface area (Å²) in [6.07, 6.45) is 2.23. The van der Waals surface area contributed by atoms with Gasteiger partial charge >= 0.3 is 0 Å². The van der Waals surface area contributed by atoms with Gasteiger partial charge in [-0.1, -0.05) is 11.6 Å². The van der Waals surface area contributed by atoms with Crippen LogP contribution in [-0.4, -0.2) is 0 Å². The molecular formula is C9H9ClFN. The van der Waals surface area contributed by atoms with Crippen LogP contribution in [0.25, 0.3) is 0 Å². The summed E-state index contributed by atoms with van der Waals surface area (Å²) in [6, 6.07) is 2.94. The number of benzene rings is 1. The molecule has 2 N–H and O–H groups in total. The number of rotatable bonds is 1. The Balaban J connectivity index is 2.47. The third-order valence-electron chi connectivity index (χ3n) is 2.13. The highest BCUT2D eigenvalue weighted by atomic mass is 35.5. The van der Waals surface area contributed by atoms with E-state index in [-0.39, 0.29) is 11.5 Å². The summed E-state index contributed by atoms with van der Waals surface area (Å²) in [6.45, 7) is 0. The Hall–Kier alpha value is -0.760. The predicted molar refractivity (Wildman–Crippen MR) is 47.8 cm³/mol. The molecule has 64 valence electrons. The summed E-state index contributed by atoms with van der Waals surface area (Å²) in [5.74, 6) is 0.105. The zero-order valence-electron chi connectivity index (χ0n) is 6.48. The fraction of sp³-hybridized carbons (Fsp3) is 0.333. The molecule has 0 unspecified atom stereocenters. The van der Waals surface area contributed by atoms with E-state index in [0.717, 1.165) is 18.4 Å². The number of hydrogen-bond donors (Lipinski definition) is 1. The van der Waals surface area contributed by atoms with E-state index in [1.54, 1.807) is 0 Å². The van der Waals surface area contributed by atoms with Crippen LogP contribution in [0.1, 0.15) is 24.3 Å². The molecule has 0 heterocycles. The fourth-order valence-electron chi connectivity index (χ4n) is 1.28. The van der Waals surface area contributed by atoms with Crippen LogP contribution < -0.4 is 5.73 Å². The van der Waals surface area contributed by atoms with Crippen LogP contribution in [0, 0.1) is 5.82 Å². The van der Waals surface area contributed by atoms with Crippen LogP contribution in [0.4, 0.5) is 10.1 Å².